The Morgan fingerprint density at radius 3 is 1.79 bits per heavy atom. The van der Waals surface area contributed by atoms with Crippen LogP contribution in [0.1, 0.15) is 30.9 Å². The molecule has 0 saturated heterocycles. The van der Waals surface area contributed by atoms with Gasteiger partial charge in [0.05, 0.1) is 9.85 Å². The predicted octanol–water partition coefficient (Wildman–Crippen LogP) is 4.97. The molecule has 0 spiro atoms. The molecule has 2 aromatic carbocycles. The number of carbonyl (C=O) groups excluding carboxylic acids is 1. The molecule has 3 rings (SSSR count). The number of nitro groups is 2. The van der Waals surface area contributed by atoms with Crippen LogP contribution >= 0.6 is 0 Å². The van der Waals surface area contributed by atoms with Gasteiger partial charge in [-0.2, -0.15) is 0 Å². The van der Waals surface area contributed by atoms with Gasteiger partial charge < -0.3 is 0 Å². The Labute approximate surface area is 161 Å². The third-order valence-electron chi connectivity index (χ3n) is 4.80. The second kappa shape index (κ2) is 7.96. The molecule has 0 aliphatic heterocycles. The molecule has 1 unspecified atom stereocenters. The Kier molecular flexibility index (Phi) is 5.44. The number of non-ortho nitro benzene ring substituents is 2. The molecule has 7 nitrogen and oxygen atoms in total. The molecule has 1 saturated carbocycles. The lowest BCUT2D eigenvalue weighted by molar-refractivity contribution is -0.385. The summed E-state index contributed by atoms with van der Waals surface area (Å²) in [6, 6.07) is 12.1. The van der Waals surface area contributed by atoms with Crippen LogP contribution in [0.5, 0.6) is 0 Å². The van der Waals surface area contributed by atoms with Crippen LogP contribution in [0.3, 0.4) is 0 Å². The van der Waals surface area contributed by atoms with Crippen LogP contribution in [-0.2, 0) is 4.79 Å². The molecule has 0 aromatic heterocycles. The first-order chi connectivity index (χ1) is 13.3. The monoisotopic (exact) mass is 378 g/mol. The summed E-state index contributed by atoms with van der Waals surface area (Å²) < 4.78 is 0. The van der Waals surface area contributed by atoms with Crippen LogP contribution in [0.4, 0.5) is 11.4 Å². The number of ketones is 1. The number of hydrogen-bond acceptors (Lipinski definition) is 5. The van der Waals surface area contributed by atoms with E-state index in [-0.39, 0.29) is 23.1 Å². The lowest BCUT2D eigenvalue weighted by Crippen LogP contribution is -2.19. The van der Waals surface area contributed by atoms with Crippen molar-refractivity contribution in [2.45, 2.75) is 19.8 Å². The van der Waals surface area contributed by atoms with Crippen molar-refractivity contribution < 1.29 is 14.6 Å². The lowest BCUT2D eigenvalue weighted by atomic mass is 9.80. The van der Waals surface area contributed by atoms with Crippen molar-refractivity contribution in [2.75, 3.05) is 0 Å². The molecule has 0 heterocycles. The van der Waals surface area contributed by atoms with E-state index >= 15 is 0 Å². The van der Waals surface area contributed by atoms with Gasteiger partial charge in [-0.05, 0) is 66.3 Å². The van der Waals surface area contributed by atoms with E-state index in [1.54, 1.807) is 36.4 Å². The van der Waals surface area contributed by atoms with Crippen molar-refractivity contribution in [2.24, 2.45) is 5.92 Å². The fraction of sp³-hybridized carbons (Fsp3) is 0.190. The molecule has 1 aliphatic rings. The first-order valence-corrected chi connectivity index (χ1v) is 8.81. The maximum atomic E-state index is 12.9. The number of nitro benzene ring substituents is 2. The second-order valence-corrected chi connectivity index (χ2v) is 6.74. The fourth-order valence-corrected chi connectivity index (χ4v) is 3.16. The van der Waals surface area contributed by atoms with Crippen molar-refractivity contribution in [3.05, 3.63) is 91.0 Å². The molecule has 28 heavy (non-hydrogen) atoms. The average Bonchev–Trinajstić information content (AvgIpc) is 2.68. The zero-order valence-corrected chi connectivity index (χ0v) is 15.2. The van der Waals surface area contributed by atoms with E-state index in [2.05, 4.69) is 0 Å². The third-order valence-corrected chi connectivity index (χ3v) is 4.80. The van der Waals surface area contributed by atoms with Gasteiger partial charge in [0, 0.05) is 35.4 Å². The van der Waals surface area contributed by atoms with E-state index in [4.69, 9.17) is 0 Å². The molecule has 142 valence electrons. The van der Waals surface area contributed by atoms with E-state index in [9.17, 15) is 25.0 Å². The van der Waals surface area contributed by atoms with Gasteiger partial charge >= 0.3 is 0 Å². The SMILES string of the molecule is CC1CC/C(=C/c2ccc([N+](=O)[O-])cc2)C(=O)/C1=C\c1ccc([N+](=O)[O-])cc1. The van der Waals surface area contributed by atoms with Gasteiger partial charge in [-0.25, -0.2) is 0 Å². The molecule has 0 amide bonds. The van der Waals surface area contributed by atoms with Gasteiger partial charge in [0.1, 0.15) is 0 Å². The topological polar surface area (TPSA) is 103 Å². The van der Waals surface area contributed by atoms with Crippen molar-refractivity contribution in [1.29, 1.82) is 0 Å². The van der Waals surface area contributed by atoms with Crippen LogP contribution in [0.2, 0.25) is 0 Å². The fourth-order valence-electron chi connectivity index (χ4n) is 3.16. The number of hydrogen-bond donors (Lipinski definition) is 0. The van der Waals surface area contributed by atoms with Gasteiger partial charge in [0.25, 0.3) is 11.4 Å². The molecule has 1 fully saturated rings. The number of rotatable bonds is 4. The summed E-state index contributed by atoms with van der Waals surface area (Å²) in [7, 11) is 0. The van der Waals surface area contributed by atoms with E-state index < -0.39 is 9.85 Å². The number of Topliss-reactive ketones (excluding diaryl/α,β-unsaturated/α-hetero) is 1. The Bertz CT molecular complexity index is 988. The molecular formula is C21H18N2O5. The zero-order valence-electron chi connectivity index (χ0n) is 15.2. The molecule has 1 atom stereocenters. The van der Waals surface area contributed by atoms with Gasteiger partial charge in [-0.1, -0.05) is 6.92 Å². The van der Waals surface area contributed by atoms with Crippen LogP contribution in [0.25, 0.3) is 12.2 Å². The summed E-state index contributed by atoms with van der Waals surface area (Å²) in [6.45, 7) is 1.98. The maximum Gasteiger partial charge on any atom is 0.269 e. The first kappa shape index (κ1) is 19.2. The van der Waals surface area contributed by atoms with E-state index in [0.717, 1.165) is 17.5 Å². The van der Waals surface area contributed by atoms with Crippen molar-refractivity contribution >= 4 is 29.3 Å². The van der Waals surface area contributed by atoms with Gasteiger partial charge in [0.15, 0.2) is 5.78 Å². The molecule has 2 aromatic rings. The molecule has 0 N–H and O–H groups in total. The molecular weight excluding hydrogens is 360 g/mol. The van der Waals surface area contributed by atoms with E-state index in [0.29, 0.717) is 17.6 Å². The molecule has 1 aliphatic carbocycles. The highest BCUT2D eigenvalue weighted by Crippen LogP contribution is 2.33. The number of benzene rings is 2. The normalized spacial score (nSPS) is 19.8. The highest BCUT2D eigenvalue weighted by atomic mass is 16.6. The zero-order chi connectivity index (χ0) is 20.3. The smallest absolute Gasteiger partial charge is 0.269 e. The molecule has 0 bridgehead atoms. The summed E-state index contributed by atoms with van der Waals surface area (Å²) in [5.41, 5.74) is 2.79. The number of allylic oxidation sites excluding steroid dienone is 2. The van der Waals surface area contributed by atoms with Crippen molar-refractivity contribution in [1.82, 2.24) is 0 Å². The summed E-state index contributed by atoms with van der Waals surface area (Å²) >= 11 is 0. The van der Waals surface area contributed by atoms with Crippen LogP contribution in [-0.4, -0.2) is 15.6 Å². The Balaban J connectivity index is 1.87. The summed E-state index contributed by atoms with van der Waals surface area (Å²) in [6.07, 6.45) is 4.99. The standard InChI is InChI=1S/C21H18N2O5/c1-14-2-7-17(12-15-3-8-18(9-4-15)22(25)26)21(24)20(14)13-16-5-10-19(11-6-16)23(27)28/h3-6,8-14H,2,7H2,1H3/b17-12-,20-13-. The van der Waals surface area contributed by atoms with Crippen LogP contribution in [0.15, 0.2) is 59.7 Å². The minimum absolute atomic E-state index is 0.00363. The van der Waals surface area contributed by atoms with Crippen LogP contribution in [0, 0.1) is 26.1 Å². The second-order valence-electron chi connectivity index (χ2n) is 6.74. The highest BCUT2D eigenvalue weighted by molar-refractivity contribution is 6.14. The Morgan fingerprint density at radius 2 is 1.32 bits per heavy atom. The van der Waals surface area contributed by atoms with E-state index in [1.807, 2.05) is 6.92 Å². The minimum atomic E-state index is -0.463. The van der Waals surface area contributed by atoms with Gasteiger partial charge in [-0.3, -0.25) is 25.0 Å². The molecule has 7 heteroatoms. The van der Waals surface area contributed by atoms with Crippen molar-refractivity contribution in [3.63, 3.8) is 0 Å². The Morgan fingerprint density at radius 1 is 0.857 bits per heavy atom. The third kappa shape index (κ3) is 4.20. The number of nitrogens with zero attached hydrogens (tertiary/aromatic N) is 2. The van der Waals surface area contributed by atoms with Gasteiger partial charge in [-0.15, -0.1) is 0 Å². The summed E-state index contributed by atoms with van der Waals surface area (Å²) in [5, 5.41) is 21.5. The van der Waals surface area contributed by atoms with Gasteiger partial charge in [0.2, 0.25) is 0 Å². The van der Waals surface area contributed by atoms with Crippen LogP contribution < -0.4 is 0 Å². The van der Waals surface area contributed by atoms with Crippen molar-refractivity contribution in [3.8, 4) is 0 Å². The predicted molar refractivity (Wildman–Crippen MR) is 106 cm³/mol. The average molecular weight is 378 g/mol. The number of carbonyl (C=O) groups is 1. The maximum absolute atomic E-state index is 12.9. The summed E-state index contributed by atoms with van der Waals surface area (Å²) in [5.74, 6) is 0.0205. The quantitative estimate of drug-likeness (QED) is 0.424. The lowest BCUT2D eigenvalue weighted by Gasteiger charge is -2.23. The minimum Gasteiger partial charge on any atom is -0.289 e. The highest BCUT2D eigenvalue weighted by Gasteiger charge is 2.26. The first-order valence-electron chi connectivity index (χ1n) is 8.81. The molecule has 0 radical (unpaired) electrons. The largest absolute Gasteiger partial charge is 0.289 e. The van der Waals surface area contributed by atoms with E-state index in [1.165, 1.54) is 24.3 Å². The summed E-state index contributed by atoms with van der Waals surface area (Å²) in [4.78, 5) is 33.5. The Hall–Kier alpha value is -3.61.